The zero-order chi connectivity index (χ0) is 73.9. The van der Waals surface area contributed by atoms with E-state index in [9.17, 15) is 52.7 Å². The Morgan fingerprint density at radius 2 is 1.25 bits per heavy atom. The molecule has 0 radical (unpaired) electrons. The van der Waals surface area contributed by atoms with Gasteiger partial charge in [-0.3, -0.25) is 53.0 Å². The largest absolute Gasteiger partial charge is 0.445 e. The Morgan fingerprint density at radius 3 is 1.79 bits per heavy atom. The van der Waals surface area contributed by atoms with Crippen LogP contribution in [0.5, 0.6) is 0 Å². The number of ether oxygens (including phenoxy) is 3. The average Bonchev–Trinajstić information content (AvgIpc) is 1.29. The summed E-state index contributed by atoms with van der Waals surface area (Å²) in [5, 5.41) is 20.2. The number of nitrogens with zero attached hydrogens (tertiary/aromatic N) is 4. The summed E-state index contributed by atoms with van der Waals surface area (Å²) < 4.78 is 18.2. The number of likely N-dealkylation sites (N-methyl/N-ethyl adjacent to an activating group) is 2. The number of nitrogens with one attached hydrogen (secondary N) is 7. The number of primary amides is 1. The SMILES string of the molecule is CC[C@H](C)[C@@H]([C@@H](CC(=O)N1CCC[C@H]1[C@H](OC)[C@@H](C)C(=O)N[C@H](c1ccccc1)[C@H](NC(=O)OCc1ccc(NC(=O)[C@H](CCCNC(N)=O)NC(=O)[C@@H](NC(=O)CCCCCN2C(=O)C=CC2=O)C(C)C)cc1)c1ccccc1)OC)N(C)C(=O)[C@@H](NC(=O)[C@H](C(C)C)N(C)C)C(C)C. The maximum Gasteiger partial charge on any atom is 0.408 e. The third-order valence-corrected chi connectivity index (χ3v) is 18.8. The summed E-state index contributed by atoms with van der Waals surface area (Å²) in [6.07, 6.45) is 3.88. The van der Waals surface area contributed by atoms with Crippen LogP contribution in [0.4, 0.5) is 15.3 Å². The second-order valence-electron chi connectivity index (χ2n) is 27.4. The van der Waals surface area contributed by atoms with E-state index in [1.54, 1.807) is 61.9 Å². The Labute approximate surface area is 590 Å². The molecule has 0 bridgehead atoms. The molecule has 2 aliphatic heterocycles. The van der Waals surface area contributed by atoms with E-state index < -0.39 is 96.3 Å². The lowest BCUT2D eigenvalue weighted by Crippen LogP contribution is -2.59. The predicted molar refractivity (Wildman–Crippen MR) is 380 cm³/mol. The van der Waals surface area contributed by atoms with Crippen molar-refractivity contribution in [2.75, 3.05) is 60.3 Å². The number of hydrogen-bond acceptors (Lipinski definition) is 15. The topological polar surface area (TPSA) is 339 Å². The number of amides is 12. The van der Waals surface area contributed by atoms with Gasteiger partial charge in [0.15, 0.2) is 0 Å². The Bertz CT molecular complexity index is 3200. The predicted octanol–water partition coefficient (Wildman–Crippen LogP) is 6.66. The molecule has 3 aromatic rings. The van der Waals surface area contributed by atoms with E-state index in [-0.39, 0.29) is 104 Å². The maximum absolute atomic E-state index is 14.9. The highest BCUT2D eigenvalue weighted by Gasteiger charge is 2.44. The molecule has 3 aromatic carbocycles. The van der Waals surface area contributed by atoms with Crippen molar-refractivity contribution < 1.29 is 67.0 Å². The fraction of sp³-hybridized carbons (Fsp3) is 0.581. The number of carbonyl (C=O) groups excluding carboxylic acids is 11. The van der Waals surface area contributed by atoms with Crippen LogP contribution in [0.3, 0.4) is 0 Å². The minimum Gasteiger partial charge on any atom is -0.445 e. The van der Waals surface area contributed by atoms with Gasteiger partial charge in [-0.25, -0.2) is 9.59 Å². The third kappa shape index (κ3) is 24.0. The third-order valence-electron chi connectivity index (χ3n) is 18.8. The van der Waals surface area contributed by atoms with Gasteiger partial charge in [-0.15, -0.1) is 0 Å². The van der Waals surface area contributed by atoms with Gasteiger partial charge in [-0.2, -0.15) is 0 Å². The molecule has 100 heavy (non-hydrogen) atoms. The molecule has 0 spiro atoms. The Kier molecular flexibility index (Phi) is 33.2. The van der Waals surface area contributed by atoms with E-state index in [0.717, 1.165) is 4.90 Å². The molecule has 0 unspecified atom stereocenters. The van der Waals surface area contributed by atoms with Crippen LogP contribution in [-0.2, 0) is 64.0 Å². The van der Waals surface area contributed by atoms with E-state index in [1.807, 2.05) is 121 Å². The standard InChI is InChI=1S/C74H110N12O14/c1-15-48(8)66(84(12)72(95)62(46(4)5)80-71(94)65(47(6)7)83(10)11)56(98-13)43-60(90)85-42-26-32-55(85)67(99-14)49(9)68(91)81-63(51-27-19-16-20-28-51)64(52-29-21-17-22-30-52)82-74(97)100-44-50-34-36-53(37-35-50)77-69(92)54(31-25-40-76-73(75)96)78-70(93)61(45(2)3)79-57(87)33-23-18-24-41-86-58(88)38-39-59(86)89/h16-17,19-22,27-30,34-39,45-49,54-56,61-67H,15,18,23-26,31-33,40-44H2,1-14H3,(H,77,92)(H,78,93)(H,79,87)(H,80,94)(H,81,91)(H,82,97)(H3,75,76,96)/t48-,49+,54-,55-,56+,61-,62-,63+,64+,65-,66-,67+/m0/s1. The van der Waals surface area contributed by atoms with Crippen molar-refractivity contribution in [3.8, 4) is 0 Å². The Hall–Kier alpha value is -8.75. The minimum absolute atomic E-state index is 0.00947. The van der Waals surface area contributed by atoms with Gasteiger partial charge in [0.1, 0.15) is 24.7 Å². The van der Waals surface area contributed by atoms with Gasteiger partial charge >= 0.3 is 12.1 Å². The lowest BCUT2D eigenvalue weighted by atomic mass is 9.89. The molecule has 0 aliphatic carbocycles. The molecule has 1 saturated heterocycles. The summed E-state index contributed by atoms with van der Waals surface area (Å²) in [6, 6.07) is 17.9. The smallest absolute Gasteiger partial charge is 0.408 e. The number of hydrogen-bond donors (Lipinski definition) is 8. The second-order valence-corrected chi connectivity index (χ2v) is 27.4. The minimum atomic E-state index is -1.11. The van der Waals surface area contributed by atoms with Crippen LogP contribution in [0.25, 0.3) is 0 Å². The van der Waals surface area contributed by atoms with Gasteiger partial charge in [-0.05, 0) is 105 Å². The zero-order valence-electron chi connectivity index (χ0n) is 60.9. The van der Waals surface area contributed by atoms with Gasteiger partial charge in [0.05, 0.1) is 54.8 Å². The number of benzene rings is 3. The van der Waals surface area contributed by atoms with Gasteiger partial charge in [-0.1, -0.05) is 148 Å². The van der Waals surface area contributed by atoms with Gasteiger partial charge in [0, 0.05) is 65.2 Å². The summed E-state index contributed by atoms with van der Waals surface area (Å²) in [7, 11) is 8.43. The molecule has 0 saturated carbocycles. The Morgan fingerprint density at radius 1 is 0.650 bits per heavy atom. The van der Waals surface area contributed by atoms with Crippen LogP contribution in [0, 0.1) is 29.6 Å². The van der Waals surface area contributed by atoms with Crippen molar-refractivity contribution >= 4 is 71.0 Å². The molecule has 0 aromatic heterocycles. The van der Waals surface area contributed by atoms with E-state index in [0.29, 0.717) is 67.4 Å². The van der Waals surface area contributed by atoms with E-state index in [2.05, 4.69) is 37.2 Å². The lowest BCUT2D eigenvalue weighted by molar-refractivity contribution is -0.148. The fourth-order valence-corrected chi connectivity index (χ4v) is 13.2. The number of nitrogens with two attached hydrogens (primary N) is 1. The highest BCUT2D eigenvalue weighted by molar-refractivity contribution is 6.12. The molecule has 5 rings (SSSR count). The van der Waals surface area contributed by atoms with Crippen LogP contribution < -0.4 is 43.0 Å². The lowest BCUT2D eigenvalue weighted by Gasteiger charge is -2.41. The maximum atomic E-state index is 14.9. The normalized spacial score (nSPS) is 17.1. The van der Waals surface area contributed by atoms with Crippen LogP contribution in [0.15, 0.2) is 97.1 Å². The van der Waals surface area contributed by atoms with E-state index in [4.69, 9.17) is 19.9 Å². The molecule has 12 amide bonds. The van der Waals surface area contributed by atoms with Crippen molar-refractivity contribution in [2.24, 2.45) is 35.3 Å². The second kappa shape index (κ2) is 40.5. The first kappa shape index (κ1) is 81.9. The molecular formula is C74H110N12O14. The van der Waals surface area contributed by atoms with Crippen molar-refractivity contribution in [3.05, 3.63) is 114 Å². The van der Waals surface area contributed by atoms with E-state index in [1.165, 1.54) is 26.4 Å². The van der Waals surface area contributed by atoms with Crippen LogP contribution in [0.2, 0.25) is 0 Å². The first-order chi connectivity index (χ1) is 47.5. The molecule has 2 heterocycles. The monoisotopic (exact) mass is 1390 g/mol. The molecular weight excluding hydrogens is 1280 g/mol. The fourth-order valence-electron chi connectivity index (χ4n) is 13.2. The number of urea groups is 1. The number of alkyl carbamates (subject to hydrolysis) is 1. The quantitative estimate of drug-likeness (QED) is 0.0218. The van der Waals surface area contributed by atoms with Gasteiger partial charge in [0.25, 0.3) is 11.8 Å². The highest BCUT2D eigenvalue weighted by atomic mass is 16.5. The van der Waals surface area contributed by atoms with E-state index >= 15 is 0 Å². The average molecular weight is 1390 g/mol. The number of likely N-dealkylation sites (tertiary alicyclic amines) is 1. The first-order valence-corrected chi connectivity index (χ1v) is 35.0. The number of methoxy groups -OCH3 is 2. The summed E-state index contributed by atoms with van der Waals surface area (Å²) in [6.45, 7) is 17.6. The molecule has 1 fully saturated rings. The number of rotatable bonds is 40. The summed E-state index contributed by atoms with van der Waals surface area (Å²) >= 11 is 0. The first-order valence-electron chi connectivity index (χ1n) is 35.0. The van der Waals surface area contributed by atoms with Crippen LogP contribution in [-0.4, -0.2) is 188 Å². The molecule has 26 heteroatoms. The molecule has 12 atom stereocenters. The van der Waals surface area contributed by atoms with Crippen molar-refractivity contribution in [3.63, 3.8) is 0 Å². The van der Waals surface area contributed by atoms with Crippen LogP contribution >= 0.6 is 0 Å². The summed E-state index contributed by atoms with van der Waals surface area (Å²) in [5.41, 5.74) is 7.50. The number of unbranched alkanes of at least 4 members (excludes halogenated alkanes) is 2. The molecule has 26 nitrogen and oxygen atoms in total. The van der Waals surface area contributed by atoms with Gasteiger partial charge in [0.2, 0.25) is 41.4 Å². The number of anilines is 1. The van der Waals surface area contributed by atoms with Gasteiger partial charge < -0.3 is 67.0 Å². The molecule has 550 valence electrons. The van der Waals surface area contributed by atoms with Crippen LogP contribution in [0.1, 0.15) is 155 Å². The number of imide groups is 1. The summed E-state index contributed by atoms with van der Waals surface area (Å²) in [5.74, 6) is -5.03. The highest BCUT2D eigenvalue weighted by Crippen LogP contribution is 2.33. The number of carbonyl (C=O) groups is 11. The van der Waals surface area contributed by atoms with Crippen molar-refractivity contribution in [1.82, 2.24) is 51.5 Å². The zero-order valence-corrected chi connectivity index (χ0v) is 60.9. The molecule has 2 aliphatic rings. The Balaban J connectivity index is 1.26. The molecule has 9 N–H and O–H groups in total. The summed E-state index contributed by atoms with van der Waals surface area (Å²) in [4.78, 5) is 154. The van der Waals surface area contributed by atoms with Crippen molar-refractivity contribution in [1.29, 1.82) is 0 Å². The van der Waals surface area contributed by atoms with Crippen molar-refractivity contribution in [2.45, 2.75) is 194 Å².